The Morgan fingerprint density at radius 1 is 1.06 bits per heavy atom. The number of benzene rings is 2. The second-order valence-corrected chi connectivity index (χ2v) is 14.6. The molecule has 3 atom stereocenters. The average Bonchev–Trinajstić information content (AvgIpc) is 2.78. The van der Waals surface area contributed by atoms with Crippen LogP contribution in [-0.4, -0.2) is 14.4 Å². The van der Waals surface area contributed by atoms with E-state index in [0.29, 0.717) is 5.92 Å². The van der Waals surface area contributed by atoms with E-state index in [1.165, 1.54) is 15.9 Å². The molecule has 0 aliphatic carbocycles. The normalized spacial score (nSPS) is 15.1. The molecule has 0 bridgehead atoms. The number of allylic oxidation sites excluding steroid dienone is 2. The largest absolute Gasteiger partial charge is 0.401 e. The SMILES string of the molecule is C#C[C@H](CCC(=C)C)[C@@H](C)C[C@H](/C=C/C)O[Si](c1ccccc1)(c1ccccc1)C(C)(C)C. The smallest absolute Gasteiger partial charge is 0.261 e. The van der Waals surface area contributed by atoms with Gasteiger partial charge in [-0.3, -0.25) is 0 Å². The van der Waals surface area contributed by atoms with Gasteiger partial charge in [-0.05, 0) is 54.4 Å². The van der Waals surface area contributed by atoms with Gasteiger partial charge in [0.05, 0.1) is 6.10 Å². The lowest BCUT2D eigenvalue weighted by molar-refractivity contribution is 0.188. The quantitative estimate of drug-likeness (QED) is 0.197. The maximum atomic E-state index is 7.37. The molecule has 0 aromatic heterocycles. The Kier molecular flexibility index (Phi) is 9.96. The highest BCUT2D eigenvalue weighted by molar-refractivity contribution is 6.99. The summed E-state index contributed by atoms with van der Waals surface area (Å²) in [6, 6.07) is 21.7. The Morgan fingerprint density at radius 3 is 1.97 bits per heavy atom. The van der Waals surface area contributed by atoms with Crippen molar-refractivity contribution in [2.24, 2.45) is 11.8 Å². The van der Waals surface area contributed by atoms with E-state index >= 15 is 0 Å². The molecule has 0 fully saturated rings. The summed E-state index contributed by atoms with van der Waals surface area (Å²) in [5.74, 6) is 3.63. The topological polar surface area (TPSA) is 9.23 Å². The average molecular weight is 459 g/mol. The Labute approximate surface area is 204 Å². The number of terminal acetylenes is 1. The summed E-state index contributed by atoms with van der Waals surface area (Å²) in [6.07, 6.45) is 13.2. The van der Waals surface area contributed by atoms with E-state index in [1.54, 1.807) is 0 Å². The van der Waals surface area contributed by atoms with Crippen LogP contribution < -0.4 is 10.4 Å². The van der Waals surface area contributed by atoms with Gasteiger partial charge in [0, 0.05) is 5.92 Å². The molecule has 2 rings (SSSR count). The summed E-state index contributed by atoms with van der Waals surface area (Å²) in [4.78, 5) is 0. The molecule has 2 heteroatoms. The molecular formula is C31H42OSi. The lowest BCUT2D eigenvalue weighted by Crippen LogP contribution is -2.67. The molecule has 0 saturated heterocycles. The highest BCUT2D eigenvalue weighted by atomic mass is 28.4. The van der Waals surface area contributed by atoms with Gasteiger partial charge in [0.25, 0.3) is 8.32 Å². The van der Waals surface area contributed by atoms with Crippen molar-refractivity contribution in [3.05, 3.63) is 85.0 Å². The lowest BCUT2D eigenvalue weighted by atomic mass is 9.85. The molecular weight excluding hydrogens is 416 g/mol. The maximum absolute atomic E-state index is 7.37. The number of rotatable bonds is 11. The summed E-state index contributed by atoms with van der Waals surface area (Å²) in [5, 5.41) is 2.56. The minimum absolute atomic E-state index is 0.00279. The Balaban J connectivity index is 2.50. The van der Waals surface area contributed by atoms with Crippen molar-refractivity contribution in [2.45, 2.75) is 71.9 Å². The van der Waals surface area contributed by atoms with Crippen LogP contribution in [0.4, 0.5) is 0 Å². The highest BCUT2D eigenvalue weighted by Crippen LogP contribution is 2.38. The van der Waals surface area contributed by atoms with Crippen LogP contribution >= 0.6 is 0 Å². The van der Waals surface area contributed by atoms with Crippen LogP contribution in [0.5, 0.6) is 0 Å². The zero-order valence-corrected chi connectivity index (χ0v) is 22.5. The molecule has 2 aromatic carbocycles. The molecule has 0 aliphatic rings. The van der Waals surface area contributed by atoms with Gasteiger partial charge in [-0.2, -0.15) is 0 Å². The third-order valence-corrected chi connectivity index (χ3v) is 11.6. The minimum atomic E-state index is -2.61. The van der Waals surface area contributed by atoms with Crippen LogP contribution in [0.25, 0.3) is 0 Å². The van der Waals surface area contributed by atoms with Crippen LogP contribution in [0.1, 0.15) is 60.8 Å². The standard InChI is InChI=1S/C31H42OSi/c1-9-17-28(24-26(5)27(10-2)23-22-25(3)4)32-33(31(6,7)8,29-18-13-11-14-19-29)30-20-15-12-16-21-30/h2,9,11-21,26-28H,3,22-24H2,1,4-8H3/b17-9+/t26-,27+,28-/m0/s1. The van der Waals surface area contributed by atoms with E-state index in [2.05, 4.69) is 127 Å². The van der Waals surface area contributed by atoms with E-state index in [1.807, 2.05) is 0 Å². The molecule has 0 amide bonds. The molecule has 0 saturated carbocycles. The van der Waals surface area contributed by atoms with E-state index in [4.69, 9.17) is 10.8 Å². The van der Waals surface area contributed by atoms with Gasteiger partial charge >= 0.3 is 0 Å². The molecule has 1 nitrogen and oxygen atoms in total. The van der Waals surface area contributed by atoms with E-state index in [0.717, 1.165) is 19.3 Å². The van der Waals surface area contributed by atoms with Gasteiger partial charge in [-0.1, -0.05) is 106 Å². The van der Waals surface area contributed by atoms with Gasteiger partial charge in [-0.25, -0.2) is 0 Å². The first kappa shape index (κ1) is 26.9. The fraction of sp³-hybridized carbons (Fsp3) is 0.419. The Hall–Kier alpha value is -2.34. The van der Waals surface area contributed by atoms with E-state index in [-0.39, 0.29) is 17.1 Å². The molecule has 2 aromatic rings. The van der Waals surface area contributed by atoms with Gasteiger partial charge in [-0.15, -0.1) is 18.9 Å². The van der Waals surface area contributed by atoms with Crippen molar-refractivity contribution in [3.63, 3.8) is 0 Å². The van der Waals surface area contributed by atoms with Crippen molar-refractivity contribution in [3.8, 4) is 12.3 Å². The van der Waals surface area contributed by atoms with Crippen molar-refractivity contribution in [1.29, 1.82) is 0 Å². The highest BCUT2D eigenvalue weighted by Gasteiger charge is 2.51. The maximum Gasteiger partial charge on any atom is 0.261 e. The summed E-state index contributed by atoms with van der Waals surface area (Å²) in [5.41, 5.74) is 1.19. The third kappa shape index (κ3) is 6.82. The van der Waals surface area contributed by atoms with Crippen LogP contribution in [0, 0.1) is 24.2 Å². The molecule has 33 heavy (non-hydrogen) atoms. The van der Waals surface area contributed by atoms with E-state index < -0.39 is 8.32 Å². The van der Waals surface area contributed by atoms with Crippen molar-refractivity contribution >= 4 is 18.7 Å². The number of hydrogen-bond acceptors (Lipinski definition) is 1. The molecule has 0 unspecified atom stereocenters. The van der Waals surface area contributed by atoms with Crippen LogP contribution in [0.2, 0.25) is 5.04 Å². The van der Waals surface area contributed by atoms with Gasteiger partial charge < -0.3 is 4.43 Å². The fourth-order valence-electron chi connectivity index (χ4n) is 4.76. The first-order valence-electron chi connectivity index (χ1n) is 12.2. The summed E-state index contributed by atoms with van der Waals surface area (Å²) in [6.45, 7) is 17.5. The predicted molar refractivity (Wildman–Crippen MR) is 147 cm³/mol. The van der Waals surface area contributed by atoms with E-state index in [9.17, 15) is 0 Å². The molecule has 0 aliphatic heterocycles. The Bertz CT molecular complexity index is 891. The second-order valence-electron chi connectivity index (χ2n) is 10.3. The van der Waals surface area contributed by atoms with Crippen LogP contribution in [-0.2, 0) is 4.43 Å². The van der Waals surface area contributed by atoms with Gasteiger partial charge in [0.15, 0.2) is 0 Å². The minimum Gasteiger partial charge on any atom is -0.401 e. The van der Waals surface area contributed by atoms with Crippen LogP contribution in [0.3, 0.4) is 0 Å². The molecule has 0 heterocycles. The summed E-state index contributed by atoms with van der Waals surface area (Å²) >= 11 is 0. The van der Waals surface area contributed by atoms with Gasteiger partial charge in [0.2, 0.25) is 0 Å². The number of hydrogen-bond donors (Lipinski definition) is 0. The zero-order chi connectivity index (χ0) is 24.5. The van der Waals surface area contributed by atoms with Gasteiger partial charge in [0.1, 0.15) is 0 Å². The predicted octanol–water partition coefficient (Wildman–Crippen LogP) is 7.14. The monoisotopic (exact) mass is 458 g/mol. The van der Waals surface area contributed by atoms with Crippen molar-refractivity contribution in [1.82, 2.24) is 0 Å². The fourth-order valence-corrected chi connectivity index (χ4v) is 9.41. The Morgan fingerprint density at radius 2 is 1.58 bits per heavy atom. The first-order chi connectivity index (χ1) is 15.7. The van der Waals surface area contributed by atoms with Crippen LogP contribution in [0.15, 0.2) is 85.0 Å². The molecule has 0 N–H and O–H groups in total. The molecule has 0 spiro atoms. The third-order valence-electron chi connectivity index (χ3n) is 6.54. The lowest BCUT2D eigenvalue weighted by Gasteiger charge is -2.45. The summed E-state index contributed by atoms with van der Waals surface area (Å²) < 4.78 is 7.37. The zero-order valence-electron chi connectivity index (χ0n) is 21.5. The van der Waals surface area contributed by atoms with Crippen molar-refractivity contribution < 1.29 is 4.43 Å². The molecule has 0 radical (unpaired) electrons. The first-order valence-corrected chi connectivity index (χ1v) is 14.1. The molecule has 176 valence electrons. The second kappa shape index (κ2) is 12.2. The summed E-state index contributed by atoms with van der Waals surface area (Å²) in [7, 11) is -2.61. The van der Waals surface area contributed by atoms with Crippen molar-refractivity contribution in [2.75, 3.05) is 0 Å².